The van der Waals surface area contributed by atoms with Crippen molar-refractivity contribution in [1.29, 1.82) is 0 Å². The maximum Gasteiger partial charge on any atom is 0.118 e. The van der Waals surface area contributed by atoms with Crippen LogP contribution in [0.1, 0.15) is 43.2 Å². The third-order valence-electron chi connectivity index (χ3n) is 5.19. The van der Waals surface area contributed by atoms with E-state index < -0.39 is 5.60 Å². The summed E-state index contributed by atoms with van der Waals surface area (Å²) >= 11 is 0. The second-order valence-electron chi connectivity index (χ2n) is 6.82. The normalized spacial score (nSPS) is 21.7. The lowest BCUT2D eigenvalue weighted by Crippen LogP contribution is -2.47. The minimum absolute atomic E-state index is 0.00685. The Bertz CT molecular complexity index is 631. The molecule has 2 N–H and O–H groups in total. The smallest absolute Gasteiger partial charge is 0.118 e. The van der Waals surface area contributed by atoms with Crippen molar-refractivity contribution in [3.05, 3.63) is 65.7 Å². The first kappa shape index (κ1) is 17.0. The fourth-order valence-corrected chi connectivity index (χ4v) is 3.88. The molecule has 0 aliphatic carbocycles. The second kappa shape index (κ2) is 7.37. The van der Waals surface area contributed by atoms with Gasteiger partial charge >= 0.3 is 0 Å². The van der Waals surface area contributed by atoms with Crippen molar-refractivity contribution in [2.24, 2.45) is 0 Å². The Morgan fingerprint density at radius 1 is 1.08 bits per heavy atom. The summed E-state index contributed by atoms with van der Waals surface area (Å²) in [5, 5.41) is 15.2. The van der Waals surface area contributed by atoms with Crippen LogP contribution in [-0.4, -0.2) is 24.8 Å². The first-order valence-electron chi connectivity index (χ1n) is 8.78. The van der Waals surface area contributed by atoms with Gasteiger partial charge in [0, 0.05) is 12.0 Å². The number of benzene rings is 2. The molecule has 3 rings (SSSR count). The number of hydrogen-bond acceptors (Lipinski definition) is 3. The monoisotopic (exact) mass is 325 g/mol. The van der Waals surface area contributed by atoms with Crippen LogP contribution in [0.4, 0.5) is 0 Å². The van der Waals surface area contributed by atoms with Gasteiger partial charge in [-0.05, 0) is 49.6 Å². The first-order valence-corrected chi connectivity index (χ1v) is 8.78. The lowest BCUT2D eigenvalue weighted by Gasteiger charge is -2.41. The van der Waals surface area contributed by atoms with Crippen LogP contribution in [0.25, 0.3) is 0 Å². The molecule has 1 fully saturated rings. The van der Waals surface area contributed by atoms with Crippen molar-refractivity contribution in [2.75, 3.05) is 13.7 Å². The van der Waals surface area contributed by atoms with Crippen LogP contribution in [0.5, 0.6) is 5.75 Å². The number of ether oxygens (including phenoxy) is 1. The van der Waals surface area contributed by atoms with Crippen LogP contribution < -0.4 is 10.1 Å². The molecule has 1 heterocycles. The number of methoxy groups -OCH3 is 1. The van der Waals surface area contributed by atoms with Crippen molar-refractivity contribution in [3.63, 3.8) is 0 Å². The number of hydrogen-bond donors (Lipinski definition) is 2. The topological polar surface area (TPSA) is 41.5 Å². The number of piperidine rings is 1. The van der Waals surface area contributed by atoms with E-state index in [0.29, 0.717) is 0 Å². The van der Waals surface area contributed by atoms with E-state index in [-0.39, 0.29) is 12.0 Å². The van der Waals surface area contributed by atoms with E-state index in [9.17, 15) is 5.11 Å². The van der Waals surface area contributed by atoms with Gasteiger partial charge in [-0.3, -0.25) is 0 Å². The summed E-state index contributed by atoms with van der Waals surface area (Å²) < 4.78 is 5.25. The van der Waals surface area contributed by atoms with Gasteiger partial charge in [0.15, 0.2) is 0 Å². The van der Waals surface area contributed by atoms with Crippen LogP contribution in [0, 0.1) is 0 Å². The Morgan fingerprint density at radius 2 is 1.79 bits per heavy atom. The first-order chi connectivity index (χ1) is 11.6. The molecule has 3 nitrogen and oxygen atoms in total. The third kappa shape index (κ3) is 3.47. The summed E-state index contributed by atoms with van der Waals surface area (Å²) in [6.07, 6.45) is 3.51. The van der Waals surface area contributed by atoms with Crippen LogP contribution in [0.2, 0.25) is 0 Å². The van der Waals surface area contributed by atoms with Gasteiger partial charge in [0.2, 0.25) is 0 Å². The molecule has 0 aromatic heterocycles. The molecule has 128 valence electrons. The Morgan fingerprint density at radius 3 is 2.38 bits per heavy atom. The Labute approximate surface area is 144 Å². The lowest BCUT2D eigenvalue weighted by molar-refractivity contribution is 0.00894. The molecule has 1 aliphatic heterocycles. The fourth-order valence-electron chi connectivity index (χ4n) is 3.88. The molecule has 3 atom stereocenters. The van der Waals surface area contributed by atoms with E-state index in [1.54, 1.807) is 7.11 Å². The van der Waals surface area contributed by atoms with E-state index in [4.69, 9.17) is 4.74 Å². The van der Waals surface area contributed by atoms with Gasteiger partial charge in [0.1, 0.15) is 5.75 Å². The molecule has 0 amide bonds. The summed E-state index contributed by atoms with van der Waals surface area (Å²) in [4.78, 5) is 0. The summed E-state index contributed by atoms with van der Waals surface area (Å²) in [5.74, 6) is 0.814. The summed E-state index contributed by atoms with van der Waals surface area (Å²) in [6, 6.07) is 18.4. The average molecular weight is 325 g/mol. The predicted molar refractivity (Wildman–Crippen MR) is 97.4 cm³/mol. The molecule has 2 aromatic carbocycles. The molecular formula is C21H27NO2. The molecule has 1 saturated heterocycles. The van der Waals surface area contributed by atoms with E-state index in [0.717, 1.165) is 24.3 Å². The Balaban J connectivity index is 1.98. The summed E-state index contributed by atoms with van der Waals surface area (Å²) in [5.41, 5.74) is 1.14. The highest BCUT2D eigenvalue weighted by Gasteiger charge is 2.40. The van der Waals surface area contributed by atoms with Crippen molar-refractivity contribution in [3.8, 4) is 5.75 Å². The predicted octanol–water partition coefficient (Wildman–Crippen LogP) is 3.83. The number of aliphatic hydroxyl groups is 1. The molecule has 0 bridgehead atoms. The van der Waals surface area contributed by atoms with Gasteiger partial charge in [-0.2, -0.15) is 0 Å². The SMILES string of the molecule is COc1ccc([C@](C)(O)[C@@H](c2ccccc2)[C@@H]2CCCCN2)cc1. The molecule has 3 heteroatoms. The quantitative estimate of drug-likeness (QED) is 0.878. The van der Waals surface area contributed by atoms with E-state index in [1.165, 1.54) is 18.4 Å². The number of nitrogens with one attached hydrogen (secondary N) is 1. The van der Waals surface area contributed by atoms with Gasteiger partial charge in [-0.15, -0.1) is 0 Å². The highest BCUT2D eigenvalue weighted by atomic mass is 16.5. The van der Waals surface area contributed by atoms with Crippen molar-refractivity contribution >= 4 is 0 Å². The van der Waals surface area contributed by atoms with E-state index in [1.807, 2.05) is 37.3 Å². The molecule has 0 saturated carbocycles. The van der Waals surface area contributed by atoms with Crippen LogP contribution in [0.15, 0.2) is 54.6 Å². The number of rotatable bonds is 5. The molecule has 1 aliphatic rings. The zero-order chi connectivity index (χ0) is 17.0. The lowest BCUT2D eigenvalue weighted by atomic mass is 9.72. The van der Waals surface area contributed by atoms with Crippen molar-refractivity contribution in [2.45, 2.75) is 43.7 Å². The maximum atomic E-state index is 11.5. The minimum atomic E-state index is -0.956. The third-order valence-corrected chi connectivity index (χ3v) is 5.19. The molecule has 2 aromatic rings. The standard InChI is InChI=1S/C21H27NO2/c1-21(23,17-11-13-18(24-2)14-12-17)20(16-8-4-3-5-9-16)19-10-6-7-15-22-19/h3-5,8-9,11-14,19-20,22-23H,6-7,10,15H2,1-2H3/t19-,20-,21-/m0/s1. The van der Waals surface area contributed by atoms with Gasteiger partial charge in [-0.1, -0.05) is 48.9 Å². The molecule has 24 heavy (non-hydrogen) atoms. The molecule has 0 unspecified atom stereocenters. The maximum absolute atomic E-state index is 11.5. The van der Waals surface area contributed by atoms with E-state index in [2.05, 4.69) is 29.6 Å². The second-order valence-corrected chi connectivity index (χ2v) is 6.82. The van der Waals surface area contributed by atoms with Crippen molar-refractivity contribution < 1.29 is 9.84 Å². The Kier molecular flexibility index (Phi) is 5.22. The molecule has 0 spiro atoms. The minimum Gasteiger partial charge on any atom is -0.497 e. The molecule has 0 radical (unpaired) electrons. The molecular weight excluding hydrogens is 298 g/mol. The zero-order valence-corrected chi connectivity index (χ0v) is 14.5. The van der Waals surface area contributed by atoms with Crippen molar-refractivity contribution in [1.82, 2.24) is 5.32 Å². The zero-order valence-electron chi connectivity index (χ0n) is 14.5. The Hall–Kier alpha value is -1.84. The summed E-state index contributed by atoms with van der Waals surface area (Å²) in [7, 11) is 1.66. The van der Waals surface area contributed by atoms with Gasteiger partial charge in [0.05, 0.1) is 12.7 Å². The fraction of sp³-hybridized carbons (Fsp3) is 0.429. The van der Waals surface area contributed by atoms with Crippen LogP contribution in [0.3, 0.4) is 0 Å². The highest BCUT2D eigenvalue weighted by molar-refractivity contribution is 5.35. The summed E-state index contributed by atoms with van der Waals surface area (Å²) in [6.45, 7) is 2.95. The largest absolute Gasteiger partial charge is 0.497 e. The van der Waals surface area contributed by atoms with Gasteiger partial charge in [-0.25, -0.2) is 0 Å². The van der Waals surface area contributed by atoms with E-state index >= 15 is 0 Å². The highest BCUT2D eigenvalue weighted by Crippen LogP contribution is 2.41. The van der Waals surface area contributed by atoms with Crippen LogP contribution in [-0.2, 0) is 5.60 Å². The average Bonchev–Trinajstić information content (AvgIpc) is 2.63. The van der Waals surface area contributed by atoms with Crippen LogP contribution >= 0.6 is 0 Å². The van der Waals surface area contributed by atoms with Gasteiger partial charge < -0.3 is 15.2 Å². The van der Waals surface area contributed by atoms with Gasteiger partial charge in [0.25, 0.3) is 0 Å².